The summed E-state index contributed by atoms with van der Waals surface area (Å²) in [7, 11) is 1.96. The molecule has 0 aromatic carbocycles. The Balaban J connectivity index is 2.01. The van der Waals surface area contributed by atoms with E-state index < -0.39 is 0 Å². The van der Waals surface area contributed by atoms with Crippen molar-refractivity contribution in [1.29, 1.82) is 0 Å². The maximum absolute atomic E-state index is 8.63. The fraction of sp³-hybridized carbons (Fsp3) is 1.00. The van der Waals surface area contributed by atoms with E-state index in [4.69, 9.17) is 5.11 Å². The van der Waals surface area contributed by atoms with Crippen molar-refractivity contribution in [2.45, 2.75) is 19.3 Å². The van der Waals surface area contributed by atoms with E-state index in [0.717, 1.165) is 12.5 Å². The van der Waals surface area contributed by atoms with Gasteiger partial charge in [0.05, 0.1) is 6.73 Å². The molecule has 1 aliphatic rings. The van der Waals surface area contributed by atoms with Crippen molar-refractivity contribution in [1.82, 2.24) is 4.90 Å². The topological polar surface area (TPSA) is 23.5 Å². The van der Waals surface area contributed by atoms with E-state index in [1.807, 2.05) is 11.9 Å². The third kappa shape index (κ3) is 1.95. The molecule has 54 valence electrons. The van der Waals surface area contributed by atoms with Crippen molar-refractivity contribution in [2.24, 2.45) is 5.92 Å². The highest BCUT2D eigenvalue weighted by molar-refractivity contribution is 4.71. The SMILES string of the molecule is CN(CO)CC1CCC1. The molecule has 1 saturated carbocycles. The molecule has 1 aliphatic carbocycles. The Labute approximate surface area is 56.5 Å². The van der Waals surface area contributed by atoms with Gasteiger partial charge in [0.15, 0.2) is 0 Å². The van der Waals surface area contributed by atoms with E-state index in [-0.39, 0.29) is 6.73 Å². The Hall–Kier alpha value is -0.0800. The Morgan fingerprint density at radius 2 is 2.22 bits per heavy atom. The van der Waals surface area contributed by atoms with Gasteiger partial charge in [-0.15, -0.1) is 0 Å². The van der Waals surface area contributed by atoms with Crippen LogP contribution in [0.5, 0.6) is 0 Å². The molecular weight excluding hydrogens is 114 g/mol. The average Bonchev–Trinajstić information content (AvgIpc) is 1.78. The molecule has 1 rings (SSSR count). The lowest BCUT2D eigenvalue weighted by atomic mass is 9.85. The fourth-order valence-corrected chi connectivity index (χ4v) is 1.17. The predicted octanol–water partition coefficient (Wildman–Crippen LogP) is 0.668. The van der Waals surface area contributed by atoms with Gasteiger partial charge < -0.3 is 5.11 Å². The molecule has 0 amide bonds. The van der Waals surface area contributed by atoms with Crippen molar-refractivity contribution < 1.29 is 5.11 Å². The molecule has 2 nitrogen and oxygen atoms in total. The number of hydrogen-bond acceptors (Lipinski definition) is 2. The van der Waals surface area contributed by atoms with E-state index in [2.05, 4.69) is 0 Å². The minimum atomic E-state index is 0.205. The fourth-order valence-electron chi connectivity index (χ4n) is 1.17. The van der Waals surface area contributed by atoms with E-state index >= 15 is 0 Å². The van der Waals surface area contributed by atoms with Crippen molar-refractivity contribution >= 4 is 0 Å². The average molecular weight is 129 g/mol. The van der Waals surface area contributed by atoms with Crippen LogP contribution >= 0.6 is 0 Å². The molecule has 0 bridgehead atoms. The lowest BCUT2D eigenvalue weighted by molar-refractivity contribution is 0.0984. The monoisotopic (exact) mass is 129 g/mol. The standard InChI is InChI=1S/C7H15NO/c1-8(6-9)5-7-3-2-4-7/h7,9H,2-6H2,1H3. The van der Waals surface area contributed by atoms with Gasteiger partial charge in [0, 0.05) is 6.54 Å². The first-order chi connectivity index (χ1) is 4.33. The third-order valence-electron chi connectivity index (χ3n) is 2.04. The lowest BCUT2D eigenvalue weighted by Crippen LogP contribution is -2.29. The second-order valence-electron chi connectivity index (χ2n) is 2.98. The summed E-state index contributed by atoms with van der Waals surface area (Å²) in [5, 5.41) is 8.63. The Morgan fingerprint density at radius 3 is 2.56 bits per heavy atom. The molecular formula is C7H15NO. The van der Waals surface area contributed by atoms with Crippen LogP contribution in [-0.2, 0) is 0 Å². The second kappa shape index (κ2) is 3.18. The normalized spacial score (nSPS) is 20.3. The summed E-state index contributed by atoms with van der Waals surface area (Å²) in [5.74, 6) is 0.877. The quantitative estimate of drug-likeness (QED) is 0.566. The molecule has 0 heterocycles. The van der Waals surface area contributed by atoms with Crippen LogP contribution in [0.3, 0.4) is 0 Å². The van der Waals surface area contributed by atoms with Gasteiger partial charge in [-0.1, -0.05) is 6.42 Å². The molecule has 0 saturated heterocycles. The zero-order valence-electron chi connectivity index (χ0n) is 6.01. The third-order valence-corrected chi connectivity index (χ3v) is 2.04. The summed E-state index contributed by atoms with van der Waals surface area (Å²) in [6.45, 7) is 1.28. The van der Waals surface area contributed by atoms with Gasteiger partial charge in [-0.2, -0.15) is 0 Å². The van der Waals surface area contributed by atoms with Gasteiger partial charge >= 0.3 is 0 Å². The largest absolute Gasteiger partial charge is 0.381 e. The van der Waals surface area contributed by atoms with Crippen LogP contribution in [0.25, 0.3) is 0 Å². The van der Waals surface area contributed by atoms with Crippen molar-refractivity contribution in [3.05, 3.63) is 0 Å². The molecule has 0 unspecified atom stereocenters. The second-order valence-corrected chi connectivity index (χ2v) is 2.98. The highest BCUT2D eigenvalue weighted by Crippen LogP contribution is 2.26. The lowest BCUT2D eigenvalue weighted by Gasteiger charge is -2.28. The first kappa shape index (κ1) is 7.03. The molecule has 0 spiro atoms. The highest BCUT2D eigenvalue weighted by Gasteiger charge is 2.18. The minimum absolute atomic E-state index is 0.205. The molecule has 2 heteroatoms. The molecule has 0 atom stereocenters. The molecule has 1 N–H and O–H groups in total. The van der Waals surface area contributed by atoms with Crippen LogP contribution in [0, 0.1) is 5.92 Å². The molecule has 0 aromatic heterocycles. The van der Waals surface area contributed by atoms with E-state index in [0.29, 0.717) is 0 Å². The van der Waals surface area contributed by atoms with Crippen LogP contribution in [0.2, 0.25) is 0 Å². The van der Waals surface area contributed by atoms with Crippen LogP contribution in [0.15, 0.2) is 0 Å². The minimum Gasteiger partial charge on any atom is -0.381 e. The Kier molecular flexibility index (Phi) is 2.49. The molecule has 0 aliphatic heterocycles. The molecule has 0 aromatic rings. The summed E-state index contributed by atoms with van der Waals surface area (Å²) in [6.07, 6.45) is 4.12. The zero-order chi connectivity index (χ0) is 6.69. The van der Waals surface area contributed by atoms with Gasteiger partial charge in [-0.05, 0) is 25.8 Å². The number of aliphatic hydroxyl groups is 1. The van der Waals surface area contributed by atoms with Crippen LogP contribution in [-0.4, -0.2) is 30.3 Å². The van der Waals surface area contributed by atoms with E-state index in [1.54, 1.807) is 0 Å². The van der Waals surface area contributed by atoms with Crippen LogP contribution in [0.1, 0.15) is 19.3 Å². The summed E-state index contributed by atoms with van der Waals surface area (Å²) >= 11 is 0. The maximum atomic E-state index is 8.63. The first-order valence-corrected chi connectivity index (χ1v) is 3.62. The van der Waals surface area contributed by atoms with E-state index in [1.165, 1.54) is 19.3 Å². The number of aliphatic hydroxyl groups excluding tert-OH is 1. The highest BCUT2D eigenvalue weighted by atomic mass is 16.3. The van der Waals surface area contributed by atoms with E-state index in [9.17, 15) is 0 Å². The van der Waals surface area contributed by atoms with Crippen molar-refractivity contribution in [3.8, 4) is 0 Å². The summed E-state index contributed by atoms with van der Waals surface area (Å²) < 4.78 is 0. The Morgan fingerprint density at radius 1 is 1.56 bits per heavy atom. The predicted molar refractivity (Wildman–Crippen MR) is 37.1 cm³/mol. The summed E-state index contributed by atoms with van der Waals surface area (Å²) in [5.41, 5.74) is 0. The van der Waals surface area contributed by atoms with Crippen LogP contribution in [0.4, 0.5) is 0 Å². The zero-order valence-corrected chi connectivity index (χ0v) is 6.01. The number of hydrogen-bond donors (Lipinski definition) is 1. The summed E-state index contributed by atoms with van der Waals surface area (Å²) in [4.78, 5) is 1.96. The van der Waals surface area contributed by atoms with Crippen molar-refractivity contribution in [2.75, 3.05) is 20.3 Å². The van der Waals surface area contributed by atoms with Gasteiger partial charge in [-0.3, -0.25) is 4.90 Å². The Bertz CT molecular complexity index is 78.2. The maximum Gasteiger partial charge on any atom is 0.0954 e. The van der Waals surface area contributed by atoms with Crippen molar-refractivity contribution in [3.63, 3.8) is 0 Å². The van der Waals surface area contributed by atoms with Crippen LogP contribution < -0.4 is 0 Å². The van der Waals surface area contributed by atoms with Gasteiger partial charge in [0.2, 0.25) is 0 Å². The van der Waals surface area contributed by atoms with Gasteiger partial charge in [0.25, 0.3) is 0 Å². The molecule has 1 fully saturated rings. The smallest absolute Gasteiger partial charge is 0.0954 e. The first-order valence-electron chi connectivity index (χ1n) is 3.62. The van der Waals surface area contributed by atoms with Gasteiger partial charge in [-0.25, -0.2) is 0 Å². The van der Waals surface area contributed by atoms with Gasteiger partial charge in [0.1, 0.15) is 0 Å². The summed E-state index contributed by atoms with van der Waals surface area (Å²) in [6, 6.07) is 0. The molecule has 9 heavy (non-hydrogen) atoms. The molecule has 0 radical (unpaired) electrons. The number of nitrogens with zero attached hydrogens (tertiary/aromatic N) is 1. The number of rotatable bonds is 3.